The van der Waals surface area contributed by atoms with Crippen LogP contribution in [-0.2, 0) is 16.1 Å². The molecule has 1 heterocycles. The van der Waals surface area contributed by atoms with Gasteiger partial charge in [0.25, 0.3) is 0 Å². The summed E-state index contributed by atoms with van der Waals surface area (Å²) in [6, 6.07) is 6.79. The highest BCUT2D eigenvalue weighted by molar-refractivity contribution is 6.10. The monoisotopic (exact) mass is 387 g/mol. The van der Waals surface area contributed by atoms with Crippen molar-refractivity contribution in [3.05, 3.63) is 42.2 Å². The fourth-order valence-electron chi connectivity index (χ4n) is 2.45. The third-order valence-corrected chi connectivity index (χ3v) is 4.26. The number of methoxy groups -OCH3 is 3. The molecule has 0 saturated heterocycles. The Hall–Kier alpha value is -3.29. The van der Waals surface area contributed by atoms with Gasteiger partial charge < -0.3 is 24.8 Å². The zero-order valence-electron chi connectivity index (χ0n) is 16.7. The second kappa shape index (κ2) is 9.07. The van der Waals surface area contributed by atoms with Gasteiger partial charge in [-0.25, -0.2) is 0 Å². The summed E-state index contributed by atoms with van der Waals surface area (Å²) in [7, 11) is 4.47. The molecule has 8 heteroatoms. The lowest BCUT2D eigenvalue weighted by atomic mass is 9.90. The van der Waals surface area contributed by atoms with Crippen LogP contribution in [0.1, 0.15) is 19.4 Å². The first-order chi connectivity index (χ1) is 13.3. The van der Waals surface area contributed by atoms with Crippen LogP contribution >= 0.6 is 0 Å². The Bertz CT molecular complexity index is 812. The van der Waals surface area contributed by atoms with E-state index in [9.17, 15) is 9.59 Å². The first-order valence-electron chi connectivity index (χ1n) is 8.62. The number of anilines is 1. The Kier molecular flexibility index (Phi) is 6.81. The van der Waals surface area contributed by atoms with E-state index in [2.05, 4.69) is 15.6 Å². The van der Waals surface area contributed by atoms with Crippen LogP contribution in [0, 0.1) is 5.41 Å². The molecule has 0 unspecified atom stereocenters. The van der Waals surface area contributed by atoms with E-state index in [1.807, 2.05) is 0 Å². The van der Waals surface area contributed by atoms with E-state index in [4.69, 9.17) is 14.2 Å². The summed E-state index contributed by atoms with van der Waals surface area (Å²) in [5.74, 6) is 0.356. The fraction of sp³-hybridized carbons (Fsp3) is 0.350. The molecular formula is C20H25N3O5. The van der Waals surface area contributed by atoms with Crippen LogP contribution in [0.25, 0.3) is 0 Å². The van der Waals surface area contributed by atoms with E-state index in [1.54, 1.807) is 50.5 Å². The molecule has 0 saturated carbocycles. The summed E-state index contributed by atoms with van der Waals surface area (Å²) in [5, 5.41) is 5.51. The summed E-state index contributed by atoms with van der Waals surface area (Å²) in [6.07, 6.45) is 3.29. The van der Waals surface area contributed by atoms with Crippen LogP contribution in [0.3, 0.4) is 0 Å². The SMILES string of the molecule is COc1cc(NC(=O)C(C)(C)C(=O)NCc2ccncc2)cc(OC)c1OC. The zero-order chi connectivity index (χ0) is 20.7. The number of carbonyl (C=O) groups excluding carboxylic acids is 2. The molecule has 0 aliphatic rings. The lowest BCUT2D eigenvalue weighted by Gasteiger charge is -2.23. The molecule has 0 aliphatic heterocycles. The van der Waals surface area contributed by atoms with E-state index < -0.39 is 17.2 Å². The number of hydrogen-bond acceptors (Lipinski definition) is 6. The maximum atomic E-state index is 12.7. The maximum Gasteiger partial charge on any atom is 0.239 e. The largest absolute Gasteiger partial charge is 0.493 e. The van der Waals surface area contributed by atoms with Crippen molar-refractivity contribution in [3.63, 3.8) is 0 Å². The molecule has 0 spiro atoms. The molecular weight excluding hydrogens is 362 g/mol. The normalized spacial score (nSPS) is 10.8. The van der Waals surface area contributed by atoms with Gasteiger partial charge in [-0.05, 0) is 31.5 Å². The Labute approximate surface area is 164 Å². The molecule has 1 aromatic heterocycles. The Balaban J connectivity index is 2.12. The van der Waals surface area contributed by atoms with Crippen molar-refractivity contribution in [3.8, 4) is 17.2 Å². The minimum atomic E-state index is -1.30. The van der Waals surface area contributed by atoms with E-state index in [0.717, 1.165) is 5.56 Å². The van der Waals surface area contributed by atoms with Gasteiger partial charge in [0.15, 0.2) is 11.5 Å². The molecule has 0 aliphatic carbocycles. The van der Waals surface area contributed by atoms with Gasteiger partial charge >= 0.3 is 0 Å². The molecule has 2 aromatic rings. The predicted molar refractivity (Wildman–Crippen MR) is 105 cm³/mol. The molecule has 2 amide bonds. The van der Waals surface area contributed by atoms with Crippen LogP contribution in [-0.4, -0.2) is 38.1 Å². The molecule has 0 radical (unpaired) electrons. The smallest absolute Gasteiger partial charge is 0.239 e. The summed E-state index contributed by atoms with van der Waals surface area (Å²) >= 11 is 0. The van der Waals surface area contributed by atoms with Crippen LogP contribution in [0.2, 0.25) is 0 Å². The van der Waals surface area contributed by atoms with Crippen molar-refractivity contribution in [2.24, 2.45) is 5.41 Å². The number of ether oxygens (including phenoxy) is 3. The summed E-state index contributed by atoms with van der Waals surface area (Å²) in [6.45, 7) is 3.42. The number of amides is 2. The number of aromatic nitrogens is 1. The Morgan fingerprint density at radius 3 is 2.04 bits per heavy atom. The average molecular weight is 387 g/mol. The fourth-order valence-corrected chi connectivity index (χ4v) is 2.45. The number of nitrogens with zero attached hydrogens (tertiary/aromatic N) is 1. The highest BCUT2D eigenvalue weighted by Gasteiger charge is 2.36. The number of benzene rings is 1. The summed E-state index contributed by atoms with van der Waals surface area (Å²) in [5.41, 5.74) is 0.0200. The molecule has 150 valence electrons. The van der Waals surface area contributed by atoms with Gasteiger partial charge in [0.2, 0.25) is 17.6 Å². The van der Waals surface area contributed by atoms with Crippen molar-refractivity contribution in [2.75, 3.05) is 26.6 Å². The van der Waals surface area contributed by atoms with E-state index in [1.165, 1.54) is 21.3 Å². The number of pyridine rings is 1. The van der Waals surface area contributed by atoms with E-state index in [-0.39, 0.29) is 0 Å². The molecule has 0 atom stereocenters. The Morgan fingerprint density at radius 2 is 1.54 bits per heavy atom. The lowest BCUT2D eigenvalue weighted by molar-refractivity contribution is -0.138. The number of carbonyl (C=O) groups is 2. The third kappa shape index (κ3) is 4.70. The van der Waals surface area contributed by atoms with Gasteiger partial charge in [0, 0.05) is 36.8 Å². The van der Waals surface area contributed by atoms with E-state index >= 15 is 0 Å². The highest BCUT2D eigenvalue weighted by Crippen LogP contribution is 2.40. The molecule has 0 bridgehead atoms. The van der Waals surface area contributed by atoms with Crippen molar-refractivity contribution >= 4 is 17.5 Å². The van der Waals surface area contributed by atoms with Gasteiger partial charge in [-0.2, -0.15) is 0 Å². The molecule has 1 aromatic carbocycles. The summed E-state index contributed by atoms with van der Waals surface area (Å²) < 4.78 is 15.8. The second-order valence-electron chi connectivity index (χ2n) is 6.53. The molecule has 28 heavy (non-hydrogen) atoms. The van der Waals surface area contributed by atoms with Gasteiger partial charge in [0.1, 0.15) is 5.41 Å². The number of hydrogen-bond donors (Lipinski definition) is 2. The number of nitrogens with one attached hydrogen (secondary N) is 2. The molecule has 8 nitrogen and oxygen atoms in total. The van der Waals surface area contributed by atoms with Crippen molar-refractivity contribution in [1.29, 1.82) is 0 Å². The van der Waals surface area contributed by atoms with Gasteiger partial charge in [-0.1, -0.05) is 0 Å². The van der Waals surface area contributed by atoms with Crippen molar-refractivity contribution in [2.45, 2.75) is 20.4 Å². The zero-order valence-corrected chi connectivity index (χ0v) is 16.7. The van der Waals surface area contributed by atoms with Crippen molar-refractivity contribution < 1.29 is 23.8 Å². The second-order valence-corrected chi connectivity index (χ2v) is 6.53. The quantitative estimate of drug-likeness (QED) is 0.675. The Morgan fingerprint density at radius 1 is 0.964 bits per heavy atom. The van der Waals surface area contributed by atoms with Gasteiger partial charge in [-0.3, -0.25) is 14.6 Å². The molecule has 2 rings (SSSR count). The average Bonchev–Trinajstić information content (AvgIpc) is 2.71. The lowest BCUT2D eigenvalue weighted by Crippen LogP contribution is -2.44. The highest BCUT2D eigenvalue weighted by atomic mass is 16.5. The first-order valence-corrected chi connectivity index (χ1v) is 8.62. The molecule has 0 fully saturated rings. The minimum Gasteiger partial charge on any atom is -0.493 e. The van der Waals surface area contributed by atoms with Crippen LogP contribution < -0.4 is 24.8 Å². The van der Waals surface area contributed by atoms with Crippen molar-refractivity contribution in [1.82, 2.24) is 10.3 Å². The first kappa shape index (κ1) is 21.0. The van der Waals surface area contributed by atoms with Crippen LogP contribution in [0.5, 0.6) is 17.2 Å². The standard InChI is InChI=1S/C20H25N3O5/c1-20(2,18(24)22-12-13-6-8-21-9-7-13)19(25)23-14-10-15(26-3)17(28-5)16(11-14)27-4/h6-11H,12H2,1-5H3,(H,22,24)(H,23,25). The van der Waals surface area contributed by atoms with Gasteiger partial charge in [-0.15, -0.1) is 0 Å². The topological polar surface area (TPSA) is 98.8 Å². The molecule has 2 N–H and O–H groups in total. The third-order valence-electron chi connectivity index (χ3n) is 4.26. The van der Waals surface area contributed by atoms with Gasteiger partial charge in [0.05, 0.1) is 21.3 Å². The number of rotatable bonds is 8. The van der Waals surface area contributed by atoms with Crippen LogP contribution in [0.15, 0.2) is 36.7 Å². The predicted octanol–water partition coefficient (Wildman–Crippen LogP) is 2.39. The summed E-state index contributed by atoms with van der Waals surface area (Å²) in [4.78, 5) is 29.2. The van der Waals surface area contributed by atoms with Crippen LogP contribution in [0.4, 0.5) is 5.69 Å². The minimum absolute atomic E-state index is 0.308. The maximum absolute atomic E-state index is 12.7. The van der Waals surface area contributed by atoms with E-state index in [0.29, 0.717) is 29.5 Å².